The molecule has 1 aromatic rings. The van der Waals surface area contributed by atoms with Crippen LogP contribution >= 0.6 is 0 Å². The lowest BCUT2D eigenvalue weighted by Gasteiger charge is -2.25. The van der Waals surface area contributed by atoms with Crippen LogP contribution in [0.2, 0.25) is 0 Å². The number of benzene rings is 1. The molecule has 18 heavy (non-hydrogen) atoms. The first-order valence-electron chi connectivity index (χ1n) is 6.36. The van der Waals surface area contributed by atoms with Crippen molar-refractivity contribution in [3.05, 3.63) is 29.6 Å². The Morgan fingerprint density at radius 1 is 1.56 bits per heavy atom. The van der Waals surface area contributed by atoms with Gasteiger partial charge in [-0.15, -0.1) is 0 Å². The van der Waals surface area contributed by atoms with Gasteiger partial charge in [0, 0.05) is 17.8 Å². The Hall–Kier alpha value is -1.42. The van der Waals surface area contributed by atoms with Crippen molar-refractivity contribution in [3.63, 3.8) is 0 Å². The van der Waals surface area contributed by atoms with E-state index < -0.39 is 0 Å². The zero-order chi connectivity index (χ0) is 13.2. The molecule has 1 aromatic carbocycles. The zero-order valence-corrected chi connectivity index (χ0v) is 10.8. The van der Waals surface area contributed by atoms with E-state index in [1.54, 1.807) is 19.1 Å². The van der Waals surface area contributed by atoms with E-state index in [9.17, 15) is 9.18 Å². The van der Waals surface area contributed by atoms with Gasteiger partial charge in [0.05, 0.1) is 5.41 Å². The first kappa shape index (κ1) is 13.0. The standard InChI is InChI=1S/C14H19FN2O/c1-3-14(7-8-16-9-14)13(18)17-12-6-4-5-11(15)10(12)2/h4-6,16H,3,7-9H2,1-2H3,(H,17,18). The number of carbonyl (C=O) groups is 1. The average Bonchev–Trinajstić information content (AvgIpc) is 2.85. The SMILES string of the molecule is CCC1(C(=O)Nc2cccc(F)c2C)CCNC1. The van der Waals surface area contributed by atoms with Crippen LogP contribution in [0.5, 0.6) is 0 Å². The highest BCUT2D eigenvalue weighted by Gasteiger charge is 2.39. The quantitative estimate of drug-likeness (QED) is 0.865. The van der Waals surface area contributed by atoms with E-state index in [1.807, 2.05) is 6.92 Å². The number of nitrogens with one attached hydrogen (secondary N) is 2. The van der Waals surface area contributed by atoms with Crippen LogP contribution < -0.4 is 10.6 Å². The van der Waals surface area contributed by atoms with Gasteiger partial charge in [0.25, 0.3) is 0 Å². The Balaban J connectivity index is 2.18. The smallest absolute Gasteiger partial charge is 0.231 e. The first-order valence-corrected chi connectivity index (χ1v) is 6.36. The highest BCUT2D eigenvalue weighted by molar-refractivity contribution is 5.96. The molecule has 2 rings (SSSR count). The number of hydrogen-bond acceptors (Lipinski definition) is 2. The molecule has 0 saturated carbocycles. The summed E-state index contributed by atoms with van der Waals surface area (Å²) in [7, 11) is 0. The van der Waals surface area contributed by atoms with E-state index in [0.29, 0.717) is 17.8 Å². The number of anilines is 1. The van der Waals surface area contributed by atoms with E-state index in [1.165, 1.54) is 6.07 Å². The lowest BCUT2D eigenvalue weighted by atomic mass is 9.83. The number of carbonyl (C=O) groups excluding carboxylic acids is 1. The van der Waals surface area contributed by atoms with Gasteiger partial charge in [-0.05, 0) is 38.4 Å². The highest BCUT2D eigenvalue weighted by Crippen LogP contribution is 2.31. The first-order chi connectivity index (χ1) is 8.59. The minimum Gasteiger partial charge on any atom is -0.325 e. The van der Waals surface area contributed by atoms with Gasteiger partial charge in [0.15, 0.2) is 0 Å². The molecule has 1 aliphatic heterocycles. The van der Waals surface area contributed by atoms with Crippen molar-refractivity contribution < 1.29 is 9.18 Å². The van der Waals surface area contributed by atoms with E-state index in [4.69, 9.17) is 0 Å². The fourth-order valence-electron chi connectivity index (χ4n) is 2.40. The summed E-state index contributed by atoms with van der Waals surface area (Å²) >= 11 is 0. The van der Waals surface area contributed by atoms with Crippen LogP contribution in [0.3, 0.4) is 0 Å². The molecule has 4 heteroatoms. The second-order valence-corrected chi connectivity index (χ2v) is 4.93. The van der Waals surface area contributed by atoms with Crippen molar-refractivity contribution in [1.29, 1.82) is 0 Å². The molecule has 0 spiro atoms. The van der Waals surface area contributed by atoms with Gasteiger partial charge in [0.2, 0.25) is 5.91 Å². The van der Waals surface area contributed by atoms with Crippen LogP contribution in [-0.2, 0) is 4.79 Å². The lowest BCUT2D eigenvalue weighted by molar-refractivity contribution is -0.124. The minimum atomic E-state index is -0.348. The van der Waals surface area contributed by atoms with Gasteiger partial charge >= 0.3 is 0 Å². The second-order valence-electron chi connectivity index (χ2n) is 4.93. The van der Waals surface area contributed by atoms with E-state index in [2.05, 4.69) is 10.6 Å². The topological polar surface area (TPSA) is 41.1 Å². The van der Waals surface area contributed by atoms with Crippen molar-refractivity contribution in [2.24, 2.45) is 5.41 Å². The molecular formula is C14H19FN2O. The Labute approximate surface area is 107 Å². The summed E-state index contributed by atoms with van der Waals surface area (Å²) in [6, 6.07) is 4.75. The van der Waals surface area contributed by atoms with Gasteiger partial charge in [-0.2, -0.15) is 0 Å². The van der Waals surface area contributed by atoms with Crippen LogP contribution in [-0.4, -0.2) is 19.0 Å². The maximum Gasteiger partial charge on any atom is 0.231 e. The molecule has 98 valence electrons. The van der Waals surface area contributed by atoms with Gasteiger partial charge in [-0.1, -0.05) is 13.0 Å². The Kier molecular flexibility index (Phi) is 3.66. The molecule has 1 aliphatic rings. The number of rotatable bonds is 3. The lowest BCUT2D eigenvalue weighted by Crippen LogP contribution is -2.37. The molecule has 0 aromatic heterocycles. The van der Waals surface area contributed by atoms with Crippen molar-refractivity contribution in [3.8, 4) is 0 Å². The van der Waals surface area contributed by atoms with Crippen LogP contribution in [0.15, 0.2) is 18.2 Å². The molecule has 2 N–H and O–H groups in total. The van der Waals surface area contributed by atoms with Crippen LogP contribution in [0.25, 0.3) is 0 Å². The highest BCUT2D eigenvalue weighted by atomic mass is 19.1. The van der Waals surface area contributed by atoms with E-state index in [0.717, 1.165) is 19.4 Å². The average molecular weight is 250 g/mol. The Morgan fingerprint density at radius 3 is 2.94 bits per heavy atom. The zero-order valence-electron chi connectivity index (χ0n) is 10.8. The molecule has 1 heterocycles. The Morgan fingerprint density at radius 2 is 2.33 bits per heavy atom. The Bertz CT molecular complexity index is 453. The molecule has 1 saturated heterocycles. The minimum absolute atomic E-state index is 0.0105. The van der Waals surface area contributed by atoms with Crippen molar-refractivity contribution in [2.45, 2.75) is 26.7 Å². The number of halogens is 1. The summed E-state index contributed by atoms with van der Waals surface area (Å²) in [5.41, 5.74) is 0.710. The molecule has 1 amide bonds. The fraction of sp³-hybridized carbons (Fsp3) is 0.500. The summed E-state index contributed by atoms with van der Waals surface area (Å²) in [5, 5.41) is 6.09. The van der Waals surface area contributed by atoms with Crippen molar-refractivity contribution in [1.82, 2.24) is 5.32 Å². The molecule has 1 fully saturated rings. The molecule has 1 unspecified atom stereocenters. The second kappa shape index (κ2) is 5.06. The normalized spacial score (nSPS) is 23.1. The van der Waals surface area contributed by atoms with Crippen molar-refractivity contribution >= 4 is 11.6 Å². The maximum atomic E-state index is 13.4. The summed E-state index contributed by atoms with van der Waals surface area (Å²) in [6.45, 7) is 5.26. The van der Waals surface area contributed by atoms with Gasteiger partial charge in [-0.3, -0.25) is 4.79 Å². The monoisotopic (exact) mass is 250 g/mol. The predicted molar refractivity (Wildman–Crippen MR) is 70.0 cm³/mol. The third-order valence-electron chi connectivity index (χ3n) is 3.92. The van der Waals surface area contributed by atoms with Crippen LogP contribution in [0, 0.1) is 18.2 Å². The van der Waals surface area contributed by atoms with Crippen LogP contribution in [0.1, 0.15) is 25.3 Å². The van der Waals surface area contributed by atoms with Gasteiger partial charge in [0.1, 0.15) is 5.82 Å². The predicted octanol–water partition coefficient (Wildman–Crippen LogP) is 2.46. The largest absolute Gasteiger partial charge is 0.325 e. The number of hydrogen-bond donors (Lipinski definition) is 2. The number of amides is 1. The van der Waals surface area contributed by atoms with E-state index >= 15 is 0 Å². The molecule has 0 radical (unpaired) electrons. The summed E-state index contributed by atoms with van der Waals surface area (Å²) in [6.07, 6.45) is 1.63. The summed E-state index contributed by atoms with van der Waals surface area (Å²) in [4.78, 5) is 12.4. The van der Waals surface area contributed by atoms with Gasteiger partial charge in [-0.25, -0.2) is 4.39 Å². The molecular weight excluding hydrogens is 231 g/mol. The van der Waals surface area contributed by atoms with Crippen molar-refractivity contribution in [2.75, 3.05) is 18.4 Å². The maximum absolute atomic E-state index is 13.4. The van der Waals surface area contributed by atoms with E-state index in [-0.39, 0.29) is 17.1 Å². The third-order valence-corrected chi connectivity index (χ3v) is 3.92. The third kappa shape index (κ3) is 2.25. The van der Waals surface area contributed by atoms with Crippen LogP contribution in [0.4, 0.5) is 10.1 Å². The summed E-state index contributed by atoms with van der Waals surface area (Å²) < 4.78 is 13.4. The molecule has 0 aliphatic carbocycles. The molecule has 0 bridgehead atoms. The molecule has 1 atom stereocenters. The fourth-order valence-corrected chi connectivity index (χ4v) is 2.40. The van der Waals surface area contributed by atoms with Gasteiger partial charge < -0.3 is 10.6 Å². The summed E-state index contributed by atoms with van der Waals surface area (Å²) in [5.74, 6) is -0.299. The molecule has 3 nitrogen and oxygen atoms in total.